The molecule has 3 nitrogen and oxygen atoms in total. The lowest BCUT2D eigenvalue weighted by Gasteiger charge is -2.25. The van der Waals surface area contributed by atoms with Gasteiger partial charge in [0, 0.05) is 10.7 Å². The van der Waals surface area contributed by atoms with Crippen LogP contribution in [-0.2, 0) is 17.6 Å². The standard InChI is InChI=1S/C18H18ClNO2/c1-2-12-5-3-4-6-16(12)20-18(21)14-9-13-10-15(19)7-8-17(13)22-11-14/h3-8,10,14H,2,9,11H2,1H3,(H,20,21). The van der Waals surface area contributed by atoms with Gasteiger partial charge < -0.3 is 10.1 Å². The van der Waals surface area contributed by atoms with Crippen LogP contribution in [0.3, 0.4) is 0 Å². The van der Waals surface area contributed by atoms with Crippen molar-refractivity contribution >= 4 is 23.2 Å². The summed E-state index contributed by atoms with van der Waals surface area (Å²) in [4.78, 5) is 12.5. The SMILES string of the molecule is CCc1ccccc1NC(=O)C1COc2ccc(Cl)cc2C1. The molecule has 1 atom stereocenters. The van der Waals surface area contributed by atoms with E-state index in [1.807, 2.05) is 36.4 Å². The number of fused-ring (bicyclic) bond motifs is 1. The lowest BCUT2D eigenvalue weighted by atomic mass is 9.95. The molecule has 0 aliphatic carbocycles. The lowest BCUT2D eigenvalue weighted by molar-refractivity contribution is -0.121. The summed E-state index contributed by atoms with van der Waals surface area (Å²) in [7, 11) is 0. The van der Waals surface area contributed by atoms with E-state index in [0.29, 0.717) is 18.1 Å². The average Bonchev–Trinajstić information content (AvgIpc) is 2.54. The average molecular weight is 316 g/mol. The molecule has 1 aliphatic heterocycles. The molecule has 0 saturated carbocycles. The largest absolute Gasteiger partial charge is 0.492 e. The molecule has 4 heteroatoms. The number of halogens is 1. The van der Waals surface area contributed by atoms with Crippen molar-refractivity contribution in [2.24, 2.45) is 5.92 Å². The maximum Gasteiger partial charge on any atom is 0.231 e. The van der Waals surface area contributed by atoms with Crippen molar-refractivity contribution in [1.29, 1.82) is 0 Å². The zero-order valence-corrected chi connectivity index (χ0v) is 13.2. The molecule has 1 N–H and O–H groups in total. The third kappa shape index (κ3) is 3.09. The first kappa shape index (κ1) is 14.9. The van der Waals surface area contributed by atoms with Gasteiger partial charge in [0.2, 0.25) is 5.91 Å². The number of para-hydroxylation sites is 1. The van der Waals surface area contributed by atoms with Crippen LogP contribution in [0, 0.1) is 5.92 Å². The molecule has 2 aromatic rings. The van der Waals surface area contributed by atoms with E-state index >= 15 is 0 Å². The van der Waals surface area contributed by atoms with Crippen LogP contribution in [0.2, 0.25) is 5.02 Å². The first-order valence-electron chi connectivity index (χ1n) is 7.47. The van der Waals surface area contributed by atoms with E-state index < -0.39 is 0 Å². The van der Waals surface area contributed by atoms with Crippen molar-refractivity contribution in [2.45, 2.75) is 19.8 Å². The van der Waals surface area contributed by atoms with Crippen LogP contribution in [0.15, 0.2) is 42.5 Å². The molecule has 3 rings (SSSR count). The van der Waals surface area contributed by atoms with Gasteiger partial charge in [-0.25, -0.2) is 0 Å². The first-order chi connectivity index (χ1) is 10.7. The van der Waals surface area contributed by atoms with E-state index in [-0.39, 0.29) is 11.8 Å². The van der Waals surface area contributed by atoms with Crippen molar-refractivity contribution < 1.29 is 9.53 Å². The Morgan fingerprint density at radius 3 is 2.95 bits per heavy atom. The van der Waals surface area contributed by atoms with Gasteiger partial charge in [0.15, 0.2) is 0 Å². The minimum Gasteiger partial charge on any atom is -0.492 e. The number of hydrogen-bond acceptors (Lipinski definition) is 2. The second-order valence-electron chi connectivity index (χ2n) is 5.46. The number of anilines is 1. The van der Waals surface area contributed by atoms with Gasteiger partial charge >= 0.3 is 0 Å². The molecule has 0 bridgehead atoms. The molecule has 114 valence electrons. The number of carbonyl (C=O) groups is 1. The van der Waals surface area contributed by atoms with E-state index in [1.54, 1.807) is 6.07 Å². The Morgan fingerprint density at radius 1 is 1.32 bits per heavy atom. The van der Waals surface area contributed by atoms with Gasteiger partial charge in [0.05, 0.1) is 5.92 Å². The van der Waals surface area contributed by atoms with Gasteiger partial charge in [-0.1, -0.05) is 36.7 Å². The molecular formula is C18H18ClNO2. The van der Waals surface area contributed by atoms with Crippen LogP contribution < -0.4 is 10.1 Å². The summed E-state index contributed by atoms with van der Waals surface area (Å²) >= 11 is 6.02. The zero-order chi connectivity index (χ0) is 15.5. The Kier molecular flexibility index (Phi) is 4.34. The van der Waals surface area contributed by atoms with Crippen molar-refractivity contribution in [3.8, 4) is 5.75 Å². The summed E-state index contributed by atoms with van der Waals surface area (Å²) in [5, 5.41) is 3.69. The highest BCUT2D eigenvalue weighted by Crippen LogP contribution is 2.30. The second-order valence-corrected chi connectivity index (χ2v) is 5.90. The van der Waals surface area contributed by atoms with Gasteiger partial charge in [-0.05, 0) is 48.2 Å². The van der Waals surface area contributed by atoms with E-state index in [4.69, 9.17) is 16.3 Å². The van der Waals surface area contributed by atoms with Crippen LogP contribution in [-0.4, -0.2) is 12.5 Å². The number of carbonyl (C=O) groups excluding carboxylic acids is 1. The van der Waals surface area contributed by atoms with Gasteiger partial charge in [-0.15, -0.1) is 0 Å². The van der Waals surface area contributed by atoms with E-state index in [1.165, 1.54) is 0 Å². The fraction of sp³-hybridized carbons (Fsp3) is 0.278. The first-order valence-corrected chi connectivity index (χ1v) is 7.85. The maximum atomic E-state index is 12.5. The van der Waals surface area contributed by atoms with Crippen molar-refractivity contribution in [2.75, 3.05) is 11.9 Å². The summed E-state index contributed by atoms with van der Waals surface area (Å²) < 4.78 is 5.69. The van der Waals surface area contributed by atoms with E-state index in [2.05, 4.69) is 12.2 Å². The minimum atomic E-state index is -0.198. The quantitative estimate of drug-likeness (QED) is 0.926. The third-order valence-electron chi connectivity index (χ3n) is 3.96. The molecule has 2 aromatic carbocycles. The second kappa shape index (κ2) is 6.41. The number of benzene rings is 2. The van der Waals surface area contributed by atoms with E-state index in [9.17, 15) is 4.79 Å². The minimum absolute atomic E-state index is 0.00785. The van der Waals surface area contributed by atoms with Crippen LogP contribution in [0.5, 0.6) is 5.75 Å². The Labute approximate surface area is 135 Å². The normalized spacial score (nSPS) is 16.5. The monoisotopic (exact) mass is 315 g/mol. The predicted molar refractivity (Wildman–Crippen MR) is 88.6 cm³/mol. The highest BCUT2D eigenvalue weighted by atomic mass is 35.5. The fourth-order valence-corrected chi connectivity index (χ4v) is 2.91. The highest BCUT2D eigenvalue weighted by molar-refractivity contribution is 6.30. The number of rotatable bonds is 3. The van der Waals surface area contributed by atoms with Crippen LogP contribution in [0.1, 0.15) is 18.1 Å². The summed E-state index contributed by atoms with van der Waals surface area (Å²) in [5.41, 5.74) is 3.01. The summed E-state index contributed by atoms with van der Waals surface area (Å²) in [5.74, 6) is 0.616. The van der Waals surface area contributed by atoms with E-state index in [0.717, 1.165) is 29.0 Å². The molecule has 1 amide bonds. The van der Waals surface area contributed by atoms with Gasteiger partial charge in [-0.3, -0.25) is 4.79 Å². The molecule has 1 heterocycles. The van der Waals surface area contributed by atoms with Crippen LogP contribution >= 0.6 is 11.6 Å². The fourth-order valence-electron chi connectivity index (χ4n) is 2.72. The summed E-state index contributed by atoms with van der Waals surface area (Å²) in [6, 6.07) is 13.4. The number of amides is 1. The van der Waals surface area contributed by atoms with Crippen molar-refractivity contribution in [1.82, 2.24) is 0 Å². The molecule has 1 unspecified atom stereocenters. The molecular weight excluding hydrogens is 298 g/mol. The molecule has 0 fully saturated rings. The Hall–Kier alpha value is -2.00. The van der Waals surface area contributed by atoms with Crippen LogP contribution in [0.25, 0.3) is 0 Å². The topological polar surface area (TPSA) is 38.3 Å². The van der Waals surface area contributed by atoms with Gasteiger partial charge in [0.25, 0.3) is 0 Å². The zero-order valence-electron chi connectivity index (χ0n) is 12.4. The molecule has 0 radical (unpaired) electrons. The Bertz CT molecular complexity index is 699. The lowest BCUT2D eigenvalue weighted by Crippen LogP contribution is -2.32. The van der Waals surface area contributed by atoms with Crippen LogP contribution in [0.4, 0.5) is 5.69 Å². The number of ether oxygens (including phenoxy) is 1. The maximum absolute atomic E-state index is 12.5. The molecule has 0 spiro atoms. The van der Waals surface area contributed by atoms with Crippen molar-refractivity contribution in [3.05, 3.63) is 58.6 Å². The third-order valence-corrected chi connectivity index (χ3v) is 4.19. The smallest absolute Gasteiger partial charge is 0.231 e. The van der Waals surface area contributed by atoms with Crippen molar-refractivity contribution in [3.63, 3.8) is 0 Å². The molecule has 0 saturated heterocycles. The molecule has 0 aromatic heterocycles. The highest BCUT2D eigenvalue weighted by Gasteiger charge is 2.26. The summed E-state index contributed by atoms with van der Waals surface area (Å²) in [6.07, 6.45) is 1.53. The van der Waals surface area contributed by atoms with Gasteiger partial charge in [0.1, 0.15) is 12.4 Å². The number of aryl methyl sites for hydroxylation is 1. The summed E-state index contributed by atoms with van der Waals surface area (Å²) in [6.45, 7) is 2.47. The Balaban J connectivity index is 1.74. The molecule has 22 heavy (non-hydrogen) atoms. The predicted octanol–water partition coefficient (Wildman–Crippen LogP) is 4.09. The Morgan fingerprint density at radius 2 is 2.14 bits per heavy atom. The van der Waals surface area contributed by atoms with Gasteiger partial charge in [-0.2, -0.15) is 0 Å². The number of nitrogens with one attached hydrogen (secondary N) is 1. The molecule has 1 aliphatic rings. The number of hydrogen-bond donors (Lipinski definition) is 1.